The van der Waals surface area contributed by atoms with Crippen molar-refractivity contribution in [3.8, 4) is 0 Å². The topological polar surface area (TPSA) is 25.2 Å². The fraction of sp³-hybridized carbons (Fsp3) is 0.500. The Morgan fingerprint density at radius 2 is 1.95 bits per heavy atom. The van der Waals surface area contributed by atoms with E-state index in [1.54, 1.807) is 0 Å². The lowest BCUT2D eigenvalue weighted by Gasteiger charge is -2.45. The summed E-state index contributed by atoms with van der Waals surface area (Å²) in [7, 11) is 0. The fourth-order valence-electron chi connectivity index (χ4n) is 4.18. The smallest absolute Gasteiger partial charge is 0.258 e. The molecular formula is C18H22N2O. The summed E-state index contributed by atoms with van der Waals surface area (Å²) in [6, 6.07) is 8.64. The van der Waals surface area contributed by atoms with Gasteiger partial charge in [-0.2, -0.15) is 0 Å². The summed E-state index contributed by atoms with van der Waals surface area (Å²) >= 11 is 0. The Morgan fingerprint density at radius 3 is 2.62 bits per heavy atom. The maximum atomic E-state index is 12.9. The van der Waals surface area contributed by atoms with Crippen LogP contribution in [0.4, 0.5) is 0 Å². The monoisotopic (exact) mass is 282 g/mol. The van der Waals surface area contributed by atoms with Crippen LogP contribution in [0.2, 0.25) is 0 Å². The van der Waals surface area contributed by atoms with E-state index < -0.39 is 0 Å². The molecule has 3 heteroatoms. The number of nitrogens with zero attached hydrogens (tertiary/aromatic N) is 2. The molecule has 3 fully saturated rings. The molecule has 3 nitrogen and oxygen atoms in total. The first-order valence-electron chi connectivity index (χ1n) is 8.13. The molecule has 2 bridgehead atoms. The SMILES string of the molecule is CCc1cccc2c(=O)n([C@@H]3CN4CCC3CC4)ccc12. The molecule has 0 N–H and O–H groups in total. The van der Waals surface area contributed by atoms with Crippen molar-refractivity contribution in [3.63, 3.8) is 0 Å². The summed E-state index contributed by atoms with van der Waals surface area (Å²) in [6.45, 7) is 5.62. The van der Waals surface area contributed by atoms with Gasteiger partial charge >= 0.3 is 0 Å². The minimum atomic E-state index is 0.196. The second-order valence-corrected chi connectivity index (χ2v) is 6.47. The van der Waals surface area contributed by atoms with E-state index in [0.717, 1.165) is 23.7 Å². The summed E-state index contributed by atoms with van der Waals surface area (Å²) in [4.78, 5) is 15.4. The highest BCUT2D eigenvalue weighted by molar-refractivity contribution is 5.84. The average Bonchev–Trinajstić information content (AvgIpc) is 2.56. The first kappa shape index (κ1) is 13.1. The number of pyridine rings is 1. The van der Waals surface area contributed by atoms with Gasteiger partial charge in [-0.15, -0.1) is 0 Å². The van der Waals surface area contributed by atoms with Crippen LogP contribution in [0.1, 0.15) is 31.4 Å². The molecule has 4 heterocycles. The molecule has 110 valence electrons. The molecule has 0 unspecified atom stereocenters. The van der Waals surface area contributed by atoms with Crippen LogP contribution in [-0.2, 0) is 6.42 Å². The Kier molecular flexibility index (Phi) is 3.11. The third kappa shape index (κ3) is 2.03. The number of fused-ring (bicyclic) bond motifs is 4. The standard InChI is InChI=1S/C18H22N2O/c1-2-13-4-3-5-16-15(13)8-11-20(18(16)21)17-12-19-9-6-14(17)7-10-19/h3-5,8,11,14,17H,2,6-7,9-10,12H2,1H3/t17-/m1/s1. The van der Waals surface area contributed by atoms with Crippen molar-refractivity contribution in [3.05, 3.63) is 46.4 Å². The van der Waals surface area contributed by atoms with Gasteiger partial charge in [0.2, 0.25) is 0 Å². The van der Waals surface area contributed by atoms with Gasteiger partial charge in [0.05, 0.1) is 6.04 Å². The molecule has 3 saturated heterocycles. The van der Waals surface area contributed by atoms with Crippen LogP contribution in [-0.4, -0.2) is 29.1 Å². The van der Waals surface area contributed by atoms with Gasteiger partial charge in [0, 0.05) is 18.1 Å². The van der Waals surface area contributed by atoms with Crippen molar-refractivity contribution in [2.45, 2.75) is 32.2 Å². The fourth-order valence-corrected chi connectivity index (χ4v) is 4.18. The first-order chi connectivity index (χ1) is 10.3. The summed E-state index contributed by atoms with van der Waals surface area (Å²) in [5.41, 5.74) is 1.47. The van der Waals surface area contributed by atoms with Gasteiger partial charge in [0.15, 0.2) is 0 Å². The van der Waals surface area contributed by atoms with Crippen molar-refractivity contribution >= 4 is 10.8 Å². The Balaban J connectivity index is 1.84. The number of rotatable bonds is 2. The third-order valence-electron chi connectivity index (χ3n) is 5.42. The Hall–Kier alpha value is -1.61. The number of aryl methyl sites for hydroxylation is 1. The molecule has 1 aromatic heterocycles. The van der Waals surface area contributed by atoms with Crippen LogP contribution in [0, 0.1) is 5.92 Å². The van der Waals surface area contributed by atoms with Gasteiger partial charge < -0.3 is 9.47 Å². The van der Waals surface area contributed by atoms with E-state index in [1.807, 2.05) is 22.9 Å². The molecule has 0 spiro atoms. The van der Waals surface area contributed by atoms with Gasteiger partial charge in [-0.25, -0.2) is 0 Å². The van der Waals surface area contributed by atoms with Crippen molar-refractivity contribution < 1.29 is 0 Å². The number of piperidine rings is 3. The maximum absolute atomic E-state index is 12.9. The van der Waals surface area contributed by atoms with Crippen LogP contribution < -0.4 is 5.56 Å². The zero-order chi connectivity index (χ0) is 14.4. The van der Waals surface area contributed by atoms with E-state index in [2.05, 4.69) is 24.0 Å². The summed E-state index contributed by atoms with van der Waals surface area (Å²) < 4.78 is 2.01. The van der Waals surface area contributed by atoms with Crippen LogP contribution in [0.15, 0.2) is 35.3 Å². The van der Waals surface area contributed by atoms with Crippen molar-refractivity contribution in [1.82, 2.24) is 9.47 Å². The van der Waals surface area contributed by atoms with Crippen LogP contribution >= 0.6 is 0 Å². The number of aromatic nitrogens is 1. The second kappa shape index (κ2) is 4.99. The van der Waals surface area contributed by atoms with E-state index in [0.29, 0.717) is 12.0 Å². The van der Waals surface area contributed by atoms with E-state index in [1.165, 1.54) is 31.5 Å². The molecule has 2 aromatic rings. The molecule has 0 aliphatic carbocycles. The average molecular weight is 282 g/mol. The summed E-state index contributed by atoms with van der Waals surface area (Å²) in [6.07, 6.45) is 5.49. The quantitative estimate of drug-likeness (QED) is 0.846. The van der Waals surface area contributed by atoms with E-state index in [4.69, 9.17) is 0 Å². The van der Waals surface area contributed by atoms with Crippen molar-refractivity contribution in [2.24, 2.45) is 5.92 Å². The lowest BCUT2D eigenvalue weighted by atomic mass is 9.83. The van der Waals surface area contributed by atoms with Crippen LogP contribution in [0.25, 0.3) is 10.8 Å². The van der Waals surface area contributed by atoms with E-state index in [-0.39, 0.29) is 5.56 Å². The van der Waals surface area contributed by atoms with Gasteiger partial charge in [0.1, 0.15) is 0 Å². The largest absolute Gasteiger partial charge is 0.310 e. The highest BCUT2D eigenvalue weighted by atomic mass is 16.1. The van der Waals surface area contributed by atoms with Crippen molar-refractivity contribution in [2.75, 3.05) is 19.6 Å². The molecule has 1 aromatic carbocycles. The molecule has 0 saturated carbocycles. The molecule has 5 rings (SSSR count). The van der Waals surface area contributed by atoms with Crippen molar-refractivity contribution in [1.29, 1.82) is 0 Å². The Bertz CT molecular complexity index is 726. The lowest BCUT2D eigenvalue weighted by molar-refractivity contribution is 0.0556. The first-order valence-corrected chi connectivity index (χ1v) is 8.13. The third-order valence-corrected chi connectivity index (χ3v) is 5.42. The van der Waals surface area contributed by atoms with E-state index in [9.17, 15) is 4.79 Å². The minimum absolute atomic E-state index is 0.196. The Labute approximate surface area is 125 Å². The number of benzene rings is 1. The predicted octanol–water partition coefficient (Wildman–Crippen LogP) is 2.83. The highest BCUT2D eigenvalue weighted by Gasteiger charge is 2.35. The molecule has 0 amide bonds. The lowest BCUT2D eigenvalue weighted by Crippen LogP contribution is -2.49. The summed E-state index contributed by atoms with van der Waals surface area (Å²) in [5, 5.41) is 2.01. The predicted molar refractivity (Wildman–Crippen MR) is 85.8 cm³/mol. The van der Waals surface area contributed by atoms with Gasteiger partial charge in [0.25, 0.3) is 5.56 Å². The normalized spacial score (nSPS) is 28.1. The highest BCUT2D eigenvalue weighted by Crippen LogP contribution is 2.35. The zero-order valence-electron chi connectivity index (χ0n) is 12.6. The van der Waals surface area contributed by atoms with E-state index >= 15 is 0 Å². The zero-order valence-corrected chi connectivity index (χ0v) is 12.6. The second-order valence-electron chi connectivity index (χ2n) is 6.47. The van der Waals surface area contributed by atoms with Gasteiger partial charge in [-0.3, -0.25) is 4.79 Å². The molecule has 1 atom stereocenters. The molecule has 3 aliphatic rings. The van der Waals surface area contributed by atoms with Gasteiger partial charge in [-0.1, -0.05) is 19.1 Å². The molecule has 3 aliphatic heterocycles. The number of hydrogen-bond donors (Lipinski definition) is 0. The van der Waals surface area contributed by atoms with Gasteiger partial charge in [-0.05, 0) is 61.4 Å². The summed E-state index contributed by atoms with van der Waals surface area (Å²) in [5.74, 6) is 0.680. The molecule has 0 radical (unpaired) electrons. The number of hydrogen-bond acceptors (Lipinski definition) is 2. The molecular weight excluding hydrogens is 260 g/mol. The van der Waals surface area contributed by atoms with Crippen LogP contribution in [0.5, 0.6) is 0 Å². The molecule has 21 heavy (non-hydrogen) atoms. The van der Waals surface area contributed by atoms with Crippen LogP contribution in [0.3, 0.4) is 0 Å². The Morgan fingerprint density at radius 1 is 1.14 bits per heavy atom. The minimum Gasteiger partial charge on any atom is -0.310 e. The maximum Gasteiger partial charge on any atom is 0.258 e.